The predicted molar refractivity (Wildman–Crippen MR) is 47.8 cm³/mol. The Morgan fingerprint density at radius 2 is 2.45 bits per heavy atom. The van der Waals surface area contributed by atoms with Crippen molar-refractivity contribution in [1.82, 2.24) is 0 Å². The topological polar surface area (TPSA) is 23.8 Å². The van der Waals surface area contributed by atoms with Gasteiger partial charge in [0.25, 0.3) is 0 Å². The third-order valence-corrected chi connectivity index (χ3v) is 4.13. The molecule has 0 aromatic carbocycles. The Morgan fingerprint density at radius 3 is 2.91 bits per heavy atom. The van der Waals surface area contributed by atoms with E-state index in [9.17, 15) is 0 Å². The second-order valence-corrected chi connectivity index (χ2v) is 5.27. The zero-order valence-corrected chi connectivity index (χ0v) is 7.54. The minimum atomic E-state index is -0.0507. The lowest BCUT2D eigenvalue weighted by molar-refractivity contribution is 1.20. The maximum Gasteiger partial charge on any atom is 0.108 e. The molecule has 1 heterocycles. The predicted octanol–water partition coefficient (Wildman–Crippen LogP) is 2.90. The molecule has 0 unspecified atom stereocenters. The van der Waals surface area contributed by atoms with E-state index in [2.05, 4.69) is 17.5 Å². The van der Waals surface area contributed by atoms with E-state index in [0.717, 1.165) is 12.8 Å². The summed E-state index contributed by atoms with van der Waals surface area (Å²) in [6.07, 6.45) is 2.12. The normalized spacial score (nSPS) is 19.2. The lowest BCUT2D eigenvalue weighted by Crippen LogP contribution is -1.94. The van der Waals surface area contributed by atoms with E-state index in [1.54, 1.807) is 23.1 Å². The van der Waals surface area contributed by atoms with E-state index in [1.807, 2.05) is 6.07 Å². The van der Waals surface area contributed by atoms with Gasteiger partial charge in [-0.05, 0) is 24.3 Å². The number of nitriles is 1. The summed E-state index contributed by atoms with van der Waals surface area (Å²) in [6.45, 7) is 0. The molecule has 0 radical (unpaired) electrons. The van der Waals surface area contributed by atoms with E-state index < -0.39 is 0 Å². The third kappa shape index (κ3) is 1.42. The first-order chi connectivity index (χ1) is 5.35. The van der Waals surface area contributed by atoms with E-state index in [0.29, 0.717) is 0 Å². The van der Waals surface area contributed by atoms with Crippen molar-refractivity contribution in [2.45, 2.75) is 21.8 Å². The van der Waals surface area contributed by atoms with E-state index in [4.69, 9.17) is 5.26 Å². The van der Waals surface area contributed by atoms with Crippen molar-refractivity contribution >= 4 is 23.1 Å². The molecular weight excluding hydrogens is 174 g/mol. The van der Waals surface area contributed by atoms with Crippen molar-refractivity contribution in [1.29, 1.82) is 5.26 Å². The Hall–Kier alpha value is -0.460. The molecule has 0 atom stereocenters. The Kier molecular flexibility index (Phi) is 1.67. The van der Waals surface area contributed by atoms with Crippen LogP contribution in [0.1, 0.15) is 12.8 Å². The van der Waals surface area contributed by atoms with Crippen molar-refractivity contribution in [3.05, 3.63) is 17.5 Å². The molecule has 0 N–H and O–H groups in total. The molecule has 2 rings (SSSR count). The van der Waals surface area contributed by atoms with Crippen LogP contribution in [0, 0.1) is 11.3 Å². The summed E-state index contributed by atoms with van der Waals surface area (Å²) in [6, 6.07) is 6.46. The Morgan fingerprint density at radius 1 is 1.64 bits per heavy atom. The van der Waals surface area contributed by atoms with Crippen LogP contribution >= 0.6 is 23.1 Å². The van der Waals surface area contributed by atoms with Crippen LogP contribution in [-0.4, -0.2) is 4.75 Å². The molecule has 1 aliphatic carbocycles. The molecule has 0 bridgehead atoms. The summed E-state index contributed by atoms with van der Waals surface area (Å²) in [5.41, 5.74) is 0. The fraction of sp³-hybridized carbons (Fsp3) is 0.375. The molecule has 1 nitrogen and oxygen atoms in total. The van der Waals surface area contributed by atoms with Gasteiger partial charge in [-0.15, -0.1) is 11.3 Å². The number of hydrogen-bond acceptors (Lipinski definition) is 3. The van der Waals surface area contributed by atoms with Gasteiger partial charge < -0.3 is 0 Å². The summed E-state index contributed by atoms with van der Waals surface area (Å²) in [7, 11) is 0. The van der Waals surface area contributed by atoms with Gasteiger partial charge in [-0.3, -0.25) is 0 Å². The Bertz CT molecular complexity index is 280. The van der Waals surface area contributed by atoms with Crippen LogP contribution in [0.5, 0.6) is 0 Å². The molecule has 56 valence electrons. The second kappa shape index (κ2) is 2.54. The zero-order chi connectivity index (χ0) is 7.73. The Labute approximate surface area is 74.0 Å². The van der Waals surface area contributed by atoms with E-state index in [1.165, 1.54) is 4.21 Å². The summed E-state index contributed by atoms with van der Waals surface area (Å²) < 4.78 is 1.22. The monoisotopic (exact) mass is 181 g/mol. The van der Waals surface area contributed by atoms with E-state index >= 15 is 0 Å². The largest absolute Gasteiger partial charge is 0.197 e. The quantitative estimate of drug-likeness (QED) is 0.700. The molecule has 0 spiro atoms. The van der Waals surface area contributed by atoms with Gasteiger partial charge in [0.05, 0.1) is 10.3 Å². The molecule has 11 heavy (non-hydrogen) atoms. The molecule has 0 saturated heterocycles. The van der Waals surface area contributed by atoms with Crippen molar-refractivity contribution in [2.75, 3.05) is 0 Å². The smallest absolute Gasteiger partial charge is 0.108 e. The molecule has 3 heteroatoms. The molecule has 1 aromatic heterocycles. The molecule has 1 fully saturated rings. The van der Waals surface area contributed by atoms with Crippen molar-refractivity contribution in [3.63, 3.8) is 0 Å². The number of thiophene rings is 1. The lowest BCUT2D eigenvalue weighted by Gasteiger charge is -1.99. The van der Waals surface area contributed by atoms with Crippen molar-refractivity contribution < 1.29 is 0 Å². The van der Waals surface area contributed by atoms with Crippen LogP contribution in [0.4, 0.5) is 0 Å². The van der Waals surface area contributed by atoms with Gasteiger partial charge in [-0.2, -0.15) is 5.26 Å². The van der Waals surface area contributed by atoms with Crippen LogP contribution in [0.15, 0.2) is 21.7 Å². The fourth-order valence-corrected chi connectivity index (χ4v) is 3.03. The van der Waals surface area contributed by atoms with Gasteiger partial charge >= 0.3 is 0 Å². The second-order valence-electron chi connectivity index (χ2n) is 2.64. The highest BCUT2D eigenvalue weighted by molar-refractivity contribution is 8.02. The highest BCUT2D eigenvalue weighted by Crippen LogP contribution is 2.52. The summed E-state index contributed by atoms with van der Waals surface area (Å²) in [5.74, 6) is 0. The summed E-state index contributed by atoms with van der Waals surface area (Å²) in [4.78, 5) is 0. The lowest BCUT2D eigenvalue weighted by atomic mass is 10.5. The fourth-order valence-electron chi connectivity index (χ4n) is 0.864. The molecule has 0 aliphatic heterocycles. The van der Waals surface area contributed by atoms with Crippen LogP contribution < -0.4 is 0 Å². The molecule has 1 aliphatic rings. The summed E-state index contributed by atoms with van der Waals surface area (Å²) >= 11 is 3.44. The maximum atomic E-state index is 8.79. The minimum Gasteiger partial charge on any atom is -0.197 e. The standard InChI is InChI=1S/C8H7NS2/c9-6-8(3-4-8)11-7-2-1-5-10-7/h1-2,5H,3-4H2. The minimum absolute atomic E-state index is 0.0507. The van der Waals surface area contributed by atoms with Crippen LogP contribution in [-0.2, 0) is 0 Å². The zero-order valence-electron chi connectivity index (χ0n) is 5.91. The van der Waals surface area contributed by atoms with Crippen LogP contribution in [0.2, 0.25) is 0 Å². The average molecular weight is 181 g/mol. The third-order valence-electron chi connectivity index (χ3n) is 1.70. The number of nitrogens with zero attached hydrogens (tertiary/aromatic N) is 1. The first-order valence-electron chi connectivity index (χ1n) is 3.48. The van der Waals surface area contributed by atoms with Gasteiger partial charge in [0.2, 0.25) is 0 Å². The highest BCUT2D eigenvalue weighted by atomic mass is 32.2. The van der Waals surface area contributed by atoms with Gasteiger partial charge in [0, 0.05) is 0 Å². The van der Waals surface area contributed by atoms with Gasteiger partial charge in [0.1, 0.15) is 4.75 Å². The van der Waals surface area contributed by atoms with Gasteiger partial charge in [-0.1, -0.05) is 17.8 Å². The van der Waals surface area contributed by atoms with Crippen LogP contribution in [0.25, 0.3) is 0 Å². The number of hydrogen-bond donors (Lipinski definition) is 0. The van der Waals surface area contributed by atoms with E-state index in [-0.39, 0.29) is 4.75 Å². The van der Waals surface area contributed by atoms with Gasteiger partial charge in [-0.25, -0.2) is 0 Å². The summed E-state index contributed by atoms with van der Waals surface area (Å²) in [5, 5.41) is 10.8. The molecule has 1 saturated carbocycles. The number of thioether (sulfide) groups is 1. The molecule has 0 amide bonds. The highest BCUT2D eigenvalue weighted by Gasteiger charge is 2.44. The van der Waals surface area contributed by atoms with Crippen molar-refractivity contribution in [2.24, 2.45) is 0 Å². The Balaban J connectivity index is 2.08. The average Bonchev–Trinajstić information content (AvgIpc) is 2.59. The van der Waals surface area contributed by atoms with Crippen molar-refractivity contribution in [3.8, 4) is 6.07 Å². The SMILES string of the molecule is N#CC1(Sc2cccs2)CC1. The first kappa shape index (κ1) is 7.20. The first-order valence-corrected chi connectivity index (χ1v) is 5.18. The number of rotatable bonds is 2. The van der Waals surface area contributed by atoms with Gasteiger partial charge in [0.15, 0.2) is 0 Å². The molecule has 1 aromatic rings. The molecular formula is C8H7NS2. The van der Waals surface area contributed by atoms with Crippen LogP contribution in [0.3, 0.4) is 0 Å². The maximum absolute atomic E-state index is 8.79.